The van der Waals surface area contributed by atoms with Crippen molar-refractivity contribution in [3.05, 3.63) is 68.5 Å². The number of fused-ring (bicyclic) bond motifs is 1. The smallest absolute Gasteiger partial charge is 0.351 e. The highest BCUT2D eigenvalue weighted by atomic mass is 32.1. The van der Waals surface area contributed by atoms with E-state index in [1.54, 1.807) is 23.3 Å². The first-order valence-electron chi connectivity index (χ1n) is 8.73. The molecule has 0 spiro atoms. The minimum absolute atomic E-state index is 0.0746. The second kappa shape index (κ2) is 7.50. The summed E-state index contributed by atoms with van der Waals surface area (Å²) in [4.78, 5) is 28.8. The Labute approximate surface area is 160 Å². The summed E-state index contributed by atoms with van der Waals surface area (Å²) in [5.41, 5.74) is 1.56. The molecule has 4 rings (SSSR count). The van der Waals surface area contributed by atoms with Crippen molar-refractivity contribution >= 4 is 17.2 Å². The molecule has 0 saturated heterocycles. The molecule has 0 saturated carbocycles. The molecule has 140 valence electrons. The van der Waals surface area contributed by atoms with Crippen molar-refractivity contribution in [2.45, 2.75) is 26.1 Å². The average molecular weight is 384 g/mol. The summed E-state index contributed by atoms with van der Waals surface area (Å²) in [5, 5.41) is 6.40. The molecule has 0 atom stereocenters. The molecular weight excluding hydrogens is 364 g/mol. The quantitative estimate of drug-likeness (QED) is 0.673. The Bertz CT molecular complexity index is 1010. The number of aromatic nitrogens is 3. The van der Waals surface area contributed by atoms with Crippen molar-refractivity contribution in [2.75, 3.05) is 13.7 Å². The first kappa shape index (κ1) is 17.7. The monoisotopic (exact) mass is 384 g/mol. The molecule has 3 aromatic rings. The van der Waals surface area contributed by atoms with Crippen LogP contribution in [-0.4, -0.2) is 38.8 Å². The fourth-order valence-electron chi connectivity index (χ4n) is 3.30. The molecule has 0 bridgehead atoms. The fourth-order valence-corrected chi connectivity index (χ4v) is 4.19. The number of ether oxygens (including phenoxy) is 1. The van der Waals surface area contributed by atoms with Crippen LogP contribution < -0.4 is 5.69 Å². The van der Waals surface area contributed by atoms with Crippen molar-refractivity contribution in [1.82, 2.24) is 19.2 Å². The molecule has 0 unspecified atom stereocenters. The molecule has 1 aliphatic heterocycles. The van der Waals surface area contributed by atoms with E-state index in [9.17, 15) is 9.59 Å². The Kier molecular flexibility index (Phi) is 4.91. The maximum atomic E-state index is 12.9. The van der Waals surface area contributed by atoms with Gasteiger partial charge in [-0.1, -0.05) is 18.2 Å². The molecule has 8 heteroatoms. The van der Waals surface area contributed by atoms with Gasteiger partial charge in [0.05, 0.1) is 5.69 Å². The van der Waals surface area contributed by atoms with Crippen LogP contribution in [0.2, 0.25) is 0 Å². The van der Waals surface area contributed by atoms with Crippen LogP contribution in [-0.2, 0) is 35.6 Å². The number of methoxy groups -OCH3 is 1. The first-order valence-corrected chi connectivity index (χ1v) is 9.61. The fraction of sp³-hybridized carbons (Fsp3) is 0.316. The summed E-state index contributed by atoms with van der Waals surface area (Å²) in [6.07, 6.45) is 0.862. The standard InChI is InChI=1S/C19H20N4O3S/c1-26-13-17-20-22(19(25)23(17)15-5-3-2-4-6-15)12-18(24)21-9-7-16-14(11-21)8-10-27-16/h2-6,8,10H,7,9,11-13H2,1H3. The van der Waals surface area contributed by atoms with Crippen molar-refractivity contribution in [3.8, 4) is 5.69 Å². The van der Waals surface area contributed by atoms with Crippen molar-refractivity contribution in [2.24, 2.45) is 0 Å². The third-order valence-corrected chi connectivity index (χ3v) is 5.66. The summed E-state index contributed by atoms with van der Waals surface area (Å²) >= 11 is 1.73. The molecular formula is C19H20N4O3S. The molecule has 1 amide bonds. The zero-order chi connectivity index (χ0) is 18.8. The first-order chi connectivity index (χ1) is 13.2. The third kappa shape index (κ3) is 3.45. The molecule has 0 aliphatic carbocycles. The van der Waals surface area contributed by atoms with Crippen LogP contribution in [0.25, 0.3) is 5.69 Å². The highest BCUT2D eigenvalue weighted by molar-refractivity contribution is 7.10. The molecule has 0 fully saturated rings. The minimum atomic E-state index is -0.338. The highest BCUT2D eigenvalue weighted by Gasteiger charge is 2.24. The number of para-hydroxylation sites is 1. The Morgan fingerprint density at radius 2 is 2.07 bits per heavy atom. The van der Waals surface area contributed by atoms with E-state index in [2.05, 4.69) is 16.5 Å². The second-order valence-electron chi connectivity index (χ2n) is 6.39. The Morgan fingerprint density at radius 3 is 2.85 bits per heavy atom. The van der Waals surface area contributed by atoms with Gasteiger partial charge in [0.15, 0.2) is 5.82 Å². The topological polar surface area (TPSA) is 69.4 Å². The normalized spacial score (nSPS) is 13.6. The van der Waals surface area contributed by atoms with Crippen LogP contribution in [0, 0.1) is 0 Å². The Hall–Kier alpha value is -2.71. The van der Waals surface area contributed by atoms with Crippen LogP contribution in [0.5, 0.6) is 0 Å². The van der Waals surface area contributed by atoms with Gasteiger partial charge in [0.25, 0.3) is 0 Å². The predicted molar refractivity (Wildman–Crippen MR) is 102 cm³/mol. The van der Waals surface area contributed by atoms with Crippen LogP contribution in [0.4, 0.5) is 0 Å². The Balaban J connectivity index is 1.59. The molecule has 1 aliphatic rings. The zero-order valence-corrected chi connectivity index (χ0v) is 15.8. The van der Waals surface area contributed by atoms with Gasteiger partial charge >= 0.3 is 5.69 Å². The lowest BCUT2D eigenvalue weighted by Crippen LogP contribution is -2.39. The molecule has 0 N–H and O–H groups in total. The molecule has 2 aromatic heterocycles. The van der Waals surface area contributed by atoms with E-state index >= 15 is 0 Å². The van der Waals surface area contributed by atoms with Crippen LogP contribution >= 0.6 is 11.3 Å². The van der Waals surface area contributed by atoms with Crippen molar-refractivity contribution in [1.29, 1.82) is 0 Å². The SMILES string of the molecule is COCc1nn(CC(=O)N2CCc3sccc3C2)c(=O)n1-c1ccccc1. The number of benzene rings is 1. The van der Waals surface area contributed by atoms with Gasteiger partial charge < -0.3 is 9.64 Å². The summed E-state index contributed by atoms with van der Waals surface area (Å²) in [5.74, 6) is 0.371. The van der Waals surface area contributed by atoms with Gasteiger partial charge in [-0.2, -0.15) is 5.10 Å². The predicted octanol–water partition coefficient (Wildman–Crippen LogP) is 1.83. The van der Waals surface area contributed by atoms with E-state index in [0.29, 0.717) is 24.6 Å². The van der Waals surface area contributed by atoms with Crippen LogP contribution in [0.15, 0.2) is 46.6 Å². The van der Waals surface area contributed by atoms with Gasteiger partial charge in [0, 0.05) is 25.1 Å². The van der Waals surface area contributed by atoms with E-state index in [1.807, 2.05) is 30.3 Å². The molecule has 7 nitrogen and oxygen atoms in total. The summed E-state index contributed by atoms with van der Waals surface area (Å²) in [6, 6.07) is 11.3. The zero-order valence-electron chi connectivity index (χ0n) is 15.0. The van der Waals surface area contributed by atoms with Gasteiger partial charge in [-0.05, 0) is 35.6 Å². The average Bonchev–Trinajstić information content (AvgIpc) is 3.27. The van der Waals surface area contributed by atoms with E-state index in [1.165, 1.54) is 19.7 Å². The van der Waals surface area contributed by atoms with Gasteiger partial charge in [0.2, 0.25) is 5.91 Å². The number of thiophene rings is 1. The number of nitrogens with zero attached hydrogens (tertiary/aromatic N) is 4. The lowest BCUT2D eigenvalue weighted by Gasteiger charge is -2.26. The summed E-state index contributed by atoms with van der Waals surface area (Å²) in [7, 11) is 1.55. The maximum absolute atomic E-state index is 12.9. The van der Waals surface area contributed by atoms with Crippen LogP contribution in [0.3, 0.4) is 0 Å². The van der Waals surface area contributed by atoms with Crippen molar-refractivity contribution < 1.29 is 9.53 Å². The van der Waals surface area contributed by atoms with E-state index in [0.717, 1.165) is 6.42 Å². The number of rotatable bonds is 5. The van der Waals surface area contributed by atoms with Gasteiger partial charge in [-0.25, -0.2) is 14.0 Å². The Morgan fingerprint density at radius 1 is 1.26 bits per heavy atom. The largest absolute Gasteiger partial charge is 0.377 e. The molecule has 3 heterocycles. The van der Waals surface area contributed by atoms with Crippen LogP contribution in [0.1, 0.15) is 16.3 Å². The van der Waals surface area contributed by atoms with E-state index in [4.69, 9.17) is 4.74 Å². The van der Waals surface area contributed by atoms with Crippen molar-refractivity contribution in [3.63, 3.8) is 0 Å². The summed E-state index contributed by atoms with van der Waals surface area (Å²) in [6.45, 7) is 1.38. The van der Waals surface area contributed by atoms with Gasteiger partial charge in [0.1, 0.15) is 13.2 Å². The lowest BCUT2D eigenvalue weighted by molar-refractivity contribution is -0.133. The number of amides is 1. The second-order valence-corrected chi connectivity index (χ2v) is 7.40. The third-order valence-electron chi connectivity index (χ3n) is 4.64. The van der Waals surface area contributed by atoms with E-state index in [-0.39, 0.29) is 24.7 Å². The maximum Gasteiger partial charge on any atom is 0.351 e. The van der Waals surface area contributed by atoms with Gasteiger partial charge in [-0.3, -0.25) is 4.79 Å². The highest BCUT2D eigenvalue weighted by Crippen LogP contribution is 2.24. The number of hydrogen-bond donors (Lipinski definition) is 0. The number of hydrogen-bond acceptors (Lipinski definition) is 5. The molecule has 0 radical (unpaired) electrons. The number of carbonyl (C=O) groups excluding carboxylic acids is 1. The summed E-state index contributed by atoms with van der Waals surface area (Å²) < 4.78 is 7.90. The number of carbonyl (C=O) groups is 1. The molecule has 1 aromatic carbocycles. The molecule has 27 heavy (non-hydrogen) atoms. The minimum Gasteiger partial charge on any atom is -0.377 e. The van der Waals surface area contributed by atoms with Gasteiger partial charge in [-0.15, -0.1) is 11.3 Å². The van der Waals surface area contributed by atoms with E-state index < -0.39 is 0 Å². The lowest BCUT2D eigenvalue weighted by atomic mass is 10.1.